The summed E-state index contributed by atoms with van der Waals surface area (Å²) in [4.78, 5) is 65.1. The first-order valence-electron chi connectivity index (χ1n) is 23.0. The van der Waals surface area contributed by atoms with Gasteiger partial charge >= 0.3 is 23.9 Å². The van der Waals surface area contributed by atoms with E-state index in [1.54, 1.807) is 0 Å². The van der Waals surface area contributed by atoms with E-state index < -0.39 is 30.3 Å². The monoisotopic (exact) mass is 932 g/mol. The Balaban J connectivity index is 1.01. The minimum absolute atomic E-state index is 0.0123. The number of carbonyl (C=O) groups excluding carboxylic acids is 3. The van der Waals surface area contributed by atoms with Gasteiger partial charge in [0.15, 0.2) is 0 Å². The van der Waals surface area contributed by atoms with E-state index in [2.05, 4.69) is 88.9 Å². The summed E-state index contributed by atoms with van der Waals surface area (Å²) in [5.41, 5.74) is 14.3. The number of carboxylic acids is 1. The summed E-state index contributed by atoms with van der Waals surface area (Å²) in [5, 5.41) is 8.67. The molecule has 0 spiro atoms. The first-order valence-corrected chi connectivity index (χ1v) is 23.0. The molecule has 0 atom stereocenters. The zero-order valence-corrected chi connectivity index (χ0v) is 38.1. The highest BCUT2D eigenvalue weighted by Gasteiger charge is 2.20. The van der Waals surface area contributed by atoms with Gasteiger partial charge in [0.25, 0.3) is 0 Å². The number of esters is 3. The maximum Gasteiger partial charge on any atom is 0.317 e. The Morgan fingerprint density at radius 1 is 0.429 bits per heavy atom. The predicted molar refractivity (Wildman–Crippen MR) is 270 cm³/mol. The van der Waals surface area contributed by atoms with Gasteiger partial charge < -0.3 is 34.0 Å². The number of aliphatic carboxylic acids is 1. The molecule has 13 nitrogen and oxygen atoms in total. The van der Waals surface area contributed by atoms with Crippen LogP contribution < -0.4 is 4.74 Å². The van der Waals surface area contributed by atoms with E-state index in [-0.39, 0.29) is 52.1 Å². The normalized spacial score (nSPS) is 11.5. The molecule has 0 fully saturated rings. The van der Waals surface area contributed by atoms with Crippen LogP contribution in [0.2, 0.25) is 0 Å². The molecule has 2 aliphatic heterocycles. The molecule has 70 heavy (non-hydrogen) atoms. The largest absolute Gasteiger partial charge is 0.490 e. The standard InChI is InChI=1S/C57H48N4O9/c62-50(63)21-11-31-68-52(65)36-53(66)69-32-12-22-51(64)70-34-33-67-41-20-10-19-40(35-41)57-48-29-27-46(60-48)55(38-15-6-2-7-16-38)44-25-23-42(58-44)54(37-13-4-1-5-14-37)43-24-26-45(59-43)56(39-17-8-3-9-18-39)47-28-30-49(57)61-47/h1-10,13-20,23-30,35,58,61H,11-12,21-22,31-34,36H2,(H,62,63). The summed E-state index contributed by atoms with van der Waals surface area (Å²) < 4.78 is 21.4. The number of carbonyl (C=O) groups is 4. The molecular weight excluding hydrogens is 885 g/mol. The lowest BCUT2D eigenvalue weighted by Gasteiger charge is -2.10. The SMILES string of the molecule is O=C(O)CCCOC(=O)CC(=O)OCCCC(=O)OCCOc1cccc(-c2c3nc(c(-c4ccccc4)c4ccc([nH]4)c(-c4ccccc4)c4nc(c(-c5ccccc5)c5ccc2[nH]5)C=C4)C=C3)c1. The first kappa shape index (κ1) is 46.3. The van der Waals surface area contributed by atoms with Gasteiger partial charge in [-0.1, -0.05) is 103 Å². The summed E-state index contributed by atoms with van der Waals surface area (Å²) in [6, 6.07) is 46.9. The molecule has 350 valence electrons. The molecule has 0 saturated heterocycles. The molecule has 4 aromatic carbocycles. The van der Waals surface area contributed by atoms with Crippen molar-refractivity contribution >= 4 is 70.2 Å². The summed E-state index contributed by atoms with van der Waals surface area (Å²) in [6.07, 6.45) is 7.83. The topological polar surface area (TPSA) is 183 Å². The second kappa shape index (κ2) is 21.9. The van der Waals surface area contributed by atoms with Crippen LogP contribution in [0.25, 0.3) is 90.9 Å². The summed E-state index contributed by atoms with van der Waals surface area (Å²) >= 11 is 0. The van der Waals surface area contributed by atoms with E-state index in [1.807, 2.05) is 84.9 Å². The van der Waals surface area contributed by atoms with Crippen LogP contribution in [0.4, 0.5) is 0 Å². The number of hydrogen-bond donors (Lipinski definition) is 3. The fourth-order valence-corrected chi connectivity index (χ4v) is 8.40. The van der Waals surface area contributed by atoms with Gasteiger partial charge in [0.1, 0.15) is 25.4 Å². The zero-order chi connectivity index (χ0) is 48.2. The van der Waals surface area contributed by atoms with Crippen LogP contribution in [0.1, 0.15) is 54.9 Å². The number of benzene rings is 4. The third kappa shape index (κ3) is 11.1. The van der Waals surface area contributed by atoms with Crippen LogP contribution in [0.15, 0.2) is 140 Å². The molecule has 9 rings (SSSR count). The Bertz CT molecular complexity index is 3250. The van der Waals surface area contributed by atoms with Crippen molar-refractivity contribution in [3.05, 3.63) is 162 Å². The second-order valence-corrected chi connectivity index (χ2v) is 16.4. The first-order chi connectivity index (χ1) is 34.3. The van der Waals surface area contributed by atoms with Crippen molar-refractivity contribution in [1.82, 2.24) is 19.9 Å². The molecule has 5 heterocycles. The number of nitrogens with zero attached hydrogens (tertiary/aromatic N) is 2. The molecule has 0 radical (unpaired) electrons. The summed E-state index contributed by atoms with van der Waals surface area (Å²) in [7, 11) is 0. The van der Waals surface area contributed by atoms with Crippen molar-refractivity contribution in [3.63, 3.8) is 0 Å². The van der Waals surface area contributed by atoms with E-state index >= 15 is 0 Å². The quantitative estimate of drug-likeness (QED) is 0.0322. The molecule has 0 amide bonds. The van der Waals surface area contributed by atoms with Crippen LogP contribution >= 0.6 is 0 Å². The Morgan fingerprint density at radius 3 is 1.27 bits per heavy atom. The Morgan fingerprint density at radius 2 is 0.829 bits per heavy atom. The number of rotatable bonds is 18. The number of fused-ring (bicyclic) bond motifs is 8. The number of ether oxygens (including phenoxy) is 4. The predicted octanol–water partition coefficient (Wildman–Crippen LogP) is 11.4. The van der Waals surface area contributed by atoms with Crippen molar-refractivity contribution in [2.75, 3.05) is 26.4 Å². The van der Waals surface area contributed by atoms with Gasteiger partial charge in [-0.3, -0.25) is 19.2 Å². The van der Waals surface area contributed by atoms with Crippen molar-refractivity contribution in [3.8, 4) is 50.3 Å². The van der Waals surface area contributed by atoms with Crippen LogP contribution in [-0.4, -0.2) is 75.3 Å². The third-order valence-corrected chi connectivity index (χ3v) is 11.6. The van der Waals surface area contributed by atoms with E-state index in [1.165, 1.54) is 0 Å². The van der Waals surface area contributed by atoms with E-state index in [0.29, 0.717) is 5.75 Å². The van der Waals surface area contributed by atoms with Crippen molar-refractivity contribution in [1.29, 1.82) is 0 Å². The lowest BCUT2D eigenvalue weighted by Crippen LogP contribution is -2.16. The summed E-state index contributed by atoms with van der Waals surface area (Å²) in [5.74, 6) is -2.55. The lowest BCUT2D eigenvalue weighted by atomic mass is 10.0. The lowest BCUT2D eigenvalue weighted by molar-refractivity contribution is -0.156. The molecular formula is C57H48N4O9. The van der Waals surface area contributed by atoms with Gasteiger partial charge in [0, 0.05) is 57.2 Å². The zero-order valence-electron chi connectivity index (χ0n) is 38.1. The Labute approximate surface area is 403 Å². The van der Waals surface area contributed by atoms with Crippen molar-refractivity contribution < 1.29 is 43.2 Å². The average Bonchev–Trinajstić information content (AvgIpc) is 4.23. The smallest absolute Gasteiger partial charge is 0.317 e. The highest BCUT2D eigenvalue weighted by molar-refractivity contribution is 6.00. The number of nitrogens with one attached hydrogen (secondary N) is 2. The molecule has 2 aliphatic rings. The van der Waals surface area contributed by atoms with Crippen LogP contribution in [0.5, 0.6) is 5.75 Å². The van der Waals surface area contributed by atoms with Gasteiger partial charge in [0.05, 0.1) is 36.0 Å². The third-order valence-electron chi connectivity index (χ3n) is 11.6. The van der Waals surface area contributed by atoms with Crippen LogP contribution in [0, 0.1) is 0 Å². The highest BCUT2D eigenvalue weighted by Crippen LogP contribution is 2.39. The fourth-order valence-electron chi connectivity index (χ4n) is 8.40. The number of aromatic nitrogens is 4. The molecule has 0 unspecified atom stereocenters. The summed E-state index contributed by atoms with van der Waals surface area (Å²) in [6.45, 7) is -0.125. The number of carboxylic acid groups (broad SMARTS) is 1. The minimum Gasteiger partial charge on any atom is -0.490 e. The maximum atomic E-state index is 12.5. The fraction of sp³-hybridized carbons (Fsp3) is 0.158. The van der Waals surface area contributed by atoms with Gasteiger partial charge in [-0.05, 0) is 95.8 Å². The van der Waals surface area contributed by atoms with Crippen molar-refractivity contribution in [2.24, 2.45) is 0 Å². The minimum atomic E-state index is -1.00. The number of aromatic amines is 2. The highest BCUT2D eigenvalue weighted by atomic mass is 16.6. The van der Waals surface area contributed by atoms with E-state index in [4.69, 9.17) is 34.0 Å². The second-order valence-electron chi connectivity index (χ2n) is 16.4. The van der Waals surface area contributed by atoms with E-state index in [9.17, 15) is 19.2 Å². The molecule has 8 bridgehead atoms. The van der Waals surface area contributed by atoms with Gasteiger partial charge in [-0.15, -0.1) is 0 Å². The number of hydrogen-bond acceptors (Lipinski definition) is 10. The van der Waals surface area contributed by atoms with E-state index in [0.717, 1.165) is 89.4 Å². The van der Waals surface area contributed by atoms with Gasteiger partial charge in [-0.2, -0.15) is 0 Å². The number of H-pyrrole nitrogens is 2. The van der Waals surface area contributed by atoms with Crippen LogP contribution in [0.3, 0.4) is 0 Å². The van der Waals surface area contributed by atoms with Gasteiger partial charge in [-0.25, -0.2) is 9.97 Å². The van der Waals surface area contributed by atoms with Crippen molar-refractivity contribution in [2.45, 2.75) is 32.1 Å². The molecule has 0 aliphatic carbocycles. The molecule has 13 heteroatoms. The molecule has 3 N–H and O–H groups in total. The van der Waals surface area contributed by atoms with Gasteiger partial charge in [0.2, 0.25) is 0 Å². The van der Waals surface area contributed by atoms with Crippen LogP contribution in [-0.2, 0) is 33.4 Å². The average molecular weight is 933 g/mol. The Hall–Kier alpha value is -8.84. The molecule has 0 saturated carbocycles. The molecule has 3 aromatic heterocycles. The molecule has 7 aromatic rings. The maximum absolute atomic E-state index is 12.5. The Kier molecular flexibility index (Phi) is 14.4.